The number of aryl methyl sites for hydroxylation is 1. The van der Waals surface area contributed by atoms with Crippen LogP contribution in [0.5, 0.6) is 0 Å². The number of benzene rings is 2. The molecule has 1 N–H and O–H groups in total. The van der Waals surface area contributed by atoms with Crippen molar-refractivity contribution in [1.82, 2.24) is 5.32 Å². The molecule has 0 heterocycles. The fourth-order valence-electron chi connectivity index (χ4n) is 2.22. The van der Waals surface area contributed by atoms with Crippen molar-refractivity contribution in [3.8, 4) is 11.1 Å². The van der Waals surface area contributed by atoms with Gasteiger partial charge in [-0.3, -0.25) is 0 Å². The maximum atomic E-state index is 14.1. The number of nitrogens with one attached hydrogen (secondary N) is 1. The van der Waals surface area contributed by atoms with Gasteiger partial charge >= 0.3 is 0 Å². The second kappa shape index (κ2) is 7.01. The van der Waals surface area contributed by atoms with Crippen LogP contribution in [0, 0.1) is 18.6 Å². The molecule has 0 radical (unpaired) electrons. The van der Waals surface area contributed by atoms with Crippen LogP contribution in [0.3, 0.4) is 0 Å². The van der Waals surface area contributed by atoms with Crippen LogP contribution in [0.25, 0.3) is 11.1 Å². The first-order valence-electron chi connectivity index (χ1n) is 6.98. The van der Waals surface area contributed by atoms with Crippen molar-refractivity contribution in [2.24, 2.45) is 0 Å². The number of halogens is 3. The average molecular weight is 310 g/mol. The smallest absolute Gasteiger partial charge is 0.133 e. The molecule has 0 saturated carbocycles. The second-order valence-electron chi connectivity index (χ2n) is 5.06. The zero-order valence-corrected chi connectivity index (χ0v) is 12.9. The Morgan fingerprint density at radius 1 is 1.05 bits per heavy atom. The van der Waals surface area contributed by atoms with E-state index in [1.54, 1.807) is 19.1 Å². The van der Waals surface area contributed by atoms with E-state index in [0.717, 1.165) is 24.6 Å². The molecule has 0 unspecified atom stereocenters. The van der Waals surface area contributed by atoms with Gasteiger partial charge in [-0.1, -0.05) is 24.6 Å². The largest absolute Gasteiger partial charge is 0.313 e. The molecule has 21 heavy (non-hydrogen) atoms. The summed E-state index contributed by atoms with van der Waals surface area (Å²) in [6.07, 6.45) is 1.02. The summed E-state index contributed by atoms with van der Waals surface area (Å²) in [6, 6.07) is 7.83. The normalized spacial score (nSPS) is 10.9. The van der Waals surface area contributed by atoms with Gasteiger partial charge in [-0.05, 0) is 54.8 Å². The third-order valence-corrected chi connectivity index (χ3v) is 3.59. The minimum absolute atomic E-state index is 0.379. The minimum atomic E-state index is -0.572. The Hall–Kier alpha value is -1.45. The van der Waals surface area contributed by atoms with E-state index in [-0.39, 0.29) is 0 Å². The predicted molar refractivity (Wildman–Crippen MR) is 83.5 cm³/mol. The van der Waals surface area contributed by atoms with E-state index >= 15 is 0 Å². The summed E-state index contributed by atoms with van der Waals surface area (Å²) in [6.45, 7) is 5.21. The number of hydrogen-bond donors (Lipinski definition) is 1. The van der Waals surface area contributed by atoms with E-state index in [1.807, 2.05) is 6.07 Å². The second-order valence-corrected chi connectivity index (χ2v) is 5.50. The molecular formula is C17H18ClF2N. The molecule has 2 aromatic carbocycles. The number of rotatable bonds is 5. The van der Waals surface area contributed by atoms with Crippen molar-refractivity contribution < 1.29 is 8.78 Å². The van der Waals surface area contributed by atoms with Crippen LogP contribution in [0.15, 0.2) is 30.3 Å². The van der Waals surface area contributed by atoms with E-state index in [4.69, 9.17) is 11.6 Å². The van der Waals surface area contributed by atoms with E-state index in [2.05, 4.69) is 12.2 Å². The van der Waals surface area contributed by atoms with Crippen LogP contribution >= 0.6 is 11.6 Å². The van der Waals surface area contributed by atoms with Gasteiger partial charge in [0.15, 0.2) is 0 Å². The van der Waals surface area contributed by atoms with Crippen LogP contribution in [0.2, 0.25) is 5.02 Å². The van der Waals surface area contributed by atoms with Gasteiger partial charge in [-0.25, -0.2) is 8.78 Å². The highest BCUT2D eigenvalue weighted by molar-refractivity contribution is 6.30. The zero-order valence-electron chi connectivity index (χ0n) is 12.1. The SMILES string of the molecule is CCCNCc1ccc(Cl)cc1-c1cc(C)c(F)cc1F. The van der Waals surface area contributed by atoms with E-state index in [1.165, 1.54) is 6.07 Å². The molecule has 0 spiro atoms. The molecule has 0 aliphatic rings. The maximum absolute atomic E-state index is 14.1. The summed E-state index contributed by atoms with van der Waals surface area (Å²) in [5.74, 6) is -1.11. The van der Waals surface area contributed by atoms with Crippen LogP contribution in [-0.2, 0) is 6.54 Å². The summed E-state index contributed by atoms with van der Waals surface area (Å²) < 4.78 is 27.5. The van der Waals surface area contributed by atoms with Crippen LogP contribution in [-0.4, -0.2) is 6.54 Å². The first-order chi connectivity index (χ1) is 10.0. The molecule has 0 aromatic heterocycles. The van der Waals surface area contributed by atoms with Crippen molar-refractivity contribution in [2.75, 3.05) is 6.54 Å². The molecule has 2 aromatic rings. The quantitative estimate of drug-likeness (QED) is 0.758. The Labute approximate surface area is 128 Å². The van der Waals surface area contributed by atoms with Gasteiger partial charge < -0.3 is 5.32 Å². The first-order valence-corrected chi connectivity index (χ1v) is 7.36. The minimum Gasteiger partial charge on any atom is -0.313 e. The molecule has 0 saturated heterocycles. The Morgan fingerprint density at radius 3 is 2.52 bits per heavy atom. The molecule has 1 nitrogen and oxygen atoms in total. The van der Waals surface area contributed by atoms with Crippen LogP contribution < -0.4 is 5.32 Å². The zero-order chi connectivity index (χ0) is 15.4. The van der Waals surface area contributed by atoms with Gasteiger partial charge in [0.1, 0.15) is 11.6 Å². The van der Waals surface area contributed by atoms with Crippen molar-refractivity contribution in [2.45, 2.75) is 26.8 Å². The Kier molecular flexibility index (Phi) is 5.32. The van der Waals surface area contributed by atoms with E-state index in [9.17, 15) is 8.78 Å². The fraction of sp³-hybridized carbons (Fsp3) is 0.294. The monoisotopic (exact) mass is 309 g/mol. The lowest BCUT2D eigenvalue weighted by Crippen LogP contribution is -2.14. The topological polar surface area (TPSA) is 12.0 Å². The van der Waals surface area contributed by atoms with Crippen molar-refractivity contribution in [3.05, 3.63) is 58.1 Å². The summed E-state index contributed by atoms with van der Waals surface area (Å²) >= 11 is 6.03. The van der Waals surface area contributed by atoms with Gasteiger partial charge in [0, 0.05) is 23.2 Å². The molecule has 112 valence electrons. The van der Waals surface area contributed by atoms with Gasteiger partial charge in [0.25, 0.3) is 0 Å². The van der Waals surface area contributed by atoms with Gasteiger partial charge in [0.05, 0.1) is 0 Å². The lowest BCUT2D eigenvalue weighted by molar-refractivity contribution is 0.579. The van der Waals surface area contributed by atoms with Crippen molar-refractivity contribution in [1.29, 1.82) is 0 Å². The third kappa shape index (κ3) is 3.80. The molecule has 0 aliphatic heterocycles. The Morgan fingerprint density at radius 2 is 1.81 bits per heavy atom. The Bertz CT molecular complexity index is 641. The predicted octanol–water partition coefficient (Wildman–Crippen LogP) is 5.09. The van der Waals surface area contributed by atoms with Crippen molar-refractivity contribution in [3.63, 3.8) is 0 Å². The molecule has 0 bridgehead atoms. The maximum Gasteiger partial charge on any atom is 0.133 e. The van der Waals surface area contributed by atoms with Gasteiger partial charge in [0.2, 0.25) is 0 Å². The van der Waals surface area contributed by atoms with Crippen molar-refractivity contribution >= 4 is 11.6 Å². The highest BCUT2D eigenvalue weighted by Crippen LogP contribution is 2.30. The van der Waals surface area contributed by atoms with Gasteiger partial charge in [-0.2, -0.15) is 0 Å². The summed E-state index contributed by atoms with van der Waals surface area (Å²) in [5.41, 5.74) is 2.44. The van der Waals surface area contributed by atoms with E-state index in [0.29, 0.717) is 28.3 Å². The Balaban J connectivity index is 2.46. The standard InChI is InChI=1S/C17H18ClF2N/c1-3-6-21-10-12-4-5-13(18)8-14(12)15-7-11(2)16(19)9-17(15)20/h4-5,7-9,21H,3,6,10H2,1-2H3. The molecule has 4 heteroatoms. The fourth-order valence-corrected chi connectivity index (χ4v) is 2.39. The highest BCUT2D eigenvalue weighted by atomic mass is 35.5. The average Bonchev–Trinajstić information content (AvgIpc) is 2.45. The molecule has 0 aliphatic carbocycles. The molecule has 2 rings (SSSR count). The van der Waals surface area contributed by atoms with Crippen LogP contribution in [0.4, 0.5) is 8.78 Å². The first kappa shape index (κ1) is 15.9. The number of hydrogen-bond acceptors (Lipinski definition) is 1. The molecule has 0 amide bonds. The van der Waals surface area contributed by atoms with Crippen LogP contribution in [0.1, 0.15) is 24.5 Å². The highest BCUT2D eigenvalue weighted by Gasteiger charge is 2.13. The molecule has 0 atom stereocenters. The molecule has 0 fully saturated rings. The van der Waals surface area contributed by atoms with E-state index < -0.39 is 11.6 Å². The summed E-state index contributed by atoms with van der Waals surface area (Å²) in [5, 5.41) is 3.82. The summed E-state index contributed by atoms with van der Waals surface area (Å²) in [7, 11) is 0. The lowest BCUT2D eigenvalue weighted by Gasteiger charge is -2.13. The third-order valence-electron chi connectivity index (χ3n) is 3.35. The van der Waals surface area contributed by atoms with Gasteiger partial charge in [-0.15, -0.1) is 0 Å². The summed E-state index contributed by atoms with van der Waals surface area (Å²) in [4.78, 5) is 0. The lowest BCUT2D eigenvalue weighted by atomic mass is 9.97. The molecular weight excluding hydrogens is 292 g/mol.